The lowest BCUT2D eigenvalue weighted by Gasteiger charge is -2.20. The number of rotatable bonds is 57. The van der Waals surface area contributed by atoms with Gasteiger partial charge in [0, 0.05) is 13.0 Å². The van der Waals surface area contributed by atoms with Crippen LogP contribution in [0, 0.1) is 0 Å². The van der Waals surface area contributed by atoms with Crippen molar-refractivity contribution in [1.29, 1.82) is 0 Å². The van der Waals surface area contributed by atoms with Crippen LogP contribution in [0.5, 0.6) is 0 Å². The Kier molecular flexibility index (Phi) is 53.0. The fourth-order valence-electron chi connectivity index (χ4n) is 8.70. The van der Waals surface area contributed by atoms with Gasteiger partial charge in [-0.1, -0.05) is 269 Å². The van der Waals surface area contributed by atoms with E-state index in [-0.39, 0.29) is 13.0 Å². The van der Waals surface area contributed by atoms with E-state index >= 15 is 0 Å². The number of unbranched alkanes of at least 4 members (excludes halogenated alkanes) is 39. The topological polar surface area (TPSA) is 155 Å². The summed E-state index contributed by atoms with van der Waals surface area (Å²) in [6, 6.07) is -1.47. The second kappa shape index (κ2) is 54.2. The molecule has 0 aliphatic rings. The zero-order chi connectivity index (χ0) is 50.4. The average molecular weight is 999 g/mol. The minimum absolute atomic E-state index is 0.0213. The molecule has 69 heavy (non-hydrogen) atoms. The average Bonchev–Trinajstić information content (AvgIpc) is 3.33. The predicted molar refractivity (Wildman–Crippen MR) is 291 cm³/mol. The molecule has 0 aromatic heterocycles. The third-order valence-corrected chi connectivity index (χ3v) is 14.2. The van der Waals surface area contributed by atoms with Gasteiger partial charge in [-0.25, -0.2) is 4.57 Å². The Balaban J connectivity index is 4.03. The van der Waals surface area contributed by atoms with Gasteiger partial charge in [0.15, 0.2) is 0 Å². The van der Waals surface area contributed by atoms with Gasteiger partial charge in [-0.2, -0.15) is 0 Å². The lowest BCUT2D eigenvalue weighted by molar-refractivity contribution is -0.154. The summed E-state index contributed by atoms with van der Waals surface area (Å²) in [4.78, 5) is 33.8. The molecular weight excluding hydrogens is 886 g/mol. The van der Waals surface area contributed by atoms with E-state index in [0.29, 0.717) is 6.61 Å². The van der Waals surface area contributed by atoms with E-state index in [0.717, 1.165) is 44.9 Å². The number of ether oxygens (including phenoxy) is 2. The molecule has 3 atom stereocenters. The quantitative estimate of drug-likeness (QED) is 0.0232. The van der Waals surface area contributed by atoms with Gasteiger partial charge in [0.05, 0.1) is 19.8 Å². The lowest BCUT2D eigenvalue weighted by Crippen LogP contribution is -2.34. The highest BCUT2D eigenvalue weighted by Gasteiger charge is 2.27. The molecule has 0 aliphatic carbocycles. The van der Waals surface area contributed by atoms with Crippen LogP contribution in [0.3, 0.4) is 0 Å². The monoisotopic (exact) mass is 998 g/mol. The number of nitrogens with two attached hydrogens (primary N) is 1. The SMILES string of the molecule is CCCCCCC/C=C\C/C=C\CCCCCCCCCCCCCCOCC(COP(=O)(O)OCC(N)C(=O)O)OC(=O)CCCCCCCCCCCCCCCCCCCCCCCCC. The van der Waals surface area contributed by atoms with Crippen LogP contribution in [0.15, 0.2) is 24.3 Å². The van der Waals surface area contributed by atoms with Crippen LogP contribution in [-0.4, -0.2) is 60.5 Å². The number of phosphoric ester groups is 1. The van der Waals surface area contributed by atoms with Crippen molar-refractivity contribution in [3.05, 3.63) is 24.3 Å². The maximum absolute atomic E-state index is 12.8. The van der Waals surface area contributed by atoms with Crippen molar-refractivity contribution in [2.75, 3.05) is 26.4 Å². The van der Waals surface area contributed by atoms with Gasteiger partial charge in [-0.05, 0) is 44.9 Å². The first kappa shape index (κ1) is 67.5. The van der Waals surface area contributed by atoms with Crippen molar-refractivity contribution in [1.82, 2.24) is 0 Å². The molecule has 11 heteroatoms. The summed E-state index contributed by atoms with van der Waals surface area (Å²) in [5.41, 5.74) is 5.39. The van der Waals surface area contributed by atoms with Gasteiger partial charge in [-0.15, -0.1) is 0 Å². The highest BCUT2D eigenvalue weighted by molar-refractivity contribution is 7.47. The maximum atomic E-state index is 12.8. The van der Waals surface area contributed by atoms with Gasteiger partial charge in [-0.3, -0.25) is 18.6 Å². The normalized spacial score (nSPS) is 13.7. The maximum Gasteiger partial charge on any atom is 0.472 e. The van der Waals surface area contributed by atoms with E-state index in [9.17, 15) is 19.0 Å². The van der Waals surface area contributed by atoms with E-state index in [1.807, 2.05) is 0 Å². The molecule has 0 saturated heterocycles. The third kappa shape index (κ3) is 54.1. The van der Waals surface area contributed by atoms with Crippen LogP contribution in [0.1, 0.15) is 296 Å². The number of carbonyl (C=O) groups excluding carboxylic acids is 1. The standard InChI is InChI=1S/C58H112NO9P/c1-3-5-7-9-11-13-15-17-19-21-23-25-27-29-31-33-35-37-39-41-43-45-47-49-51-65-52-55(53-66-69(63,64)67-54-56(59)58(61)62)68-57(60)50-48-46-44-42-40-38-36-34-32-30-28-26-24-22-20-18-16-14-12-10-8-6-4-2/h15,17,21,23,55-56H,3-14,16,18-20,22,24-54,59H2,1-2H3,(H,61,62)(H,63,64)/b17-15-,23-21-. The van der Waals surface area contributed by atoms with Crippen molar-refractivity contribution in [2.45, 2.75) is 309 Å². The first-order chi connectivity index (χ1) is 33.7. The highest BCUT2D eigenvalue weighted by atomic mass is 31.2. The van der Waals surface area contributed by atoms with Crippen molar-refractivity contribution in [3.63, 3.8) is 0 Å². The molecule has 3 unspecified atom stereocenters. The Morgan fingerprint density at radius 3 is 1.17 bits per heavy atom. The number of carboxylic acids is 1. The Labute approximate surface area is 425 Å². The molecule has 0 rings (SSSR count). The molecule has 0 radical (unpaired) electrons. The summed E-state index contributed by atoms with van der Waals surface area (Å²) in [5, 5.41) is 8.95. The fraction of sp³-hybridized carbons (Fsp3) is 0.897. The summed E-state index contributed by atoms with van der Waals surface area (Å²) in [5.74, 6) is -1.76. The molecule has 0 amide bonds. The summed E-state index contributed by atoms with van der Waals surface area (Å²) in [6.45, 7) is 3.94. The van der Waals surface area contributed by atoms with E-state index in [1.165, 1.54) is 231 Å². The van der Waals surface area contributed by atoms with Crippen LogP contribution in [-0.2, 0) is 32.7 Å². The molecular formula is C58H112NO9P. The van der Waals surface area contributed by atoms with Crippen molar-refractivity contribution in [2.24, 2.45) is 5.73 Å². The zero-order valence-corrected chi connectivity index (χ0v) is 46.1. The lowest BCUT2D eigenvalue weighted by atomic mass is 10.0. The Bertz CT molecular complexity index is 1200. The largest absolute Gasteiger partial charge is 0.480 e. The summed E-state index contributed by atoms with van der Waals surface area (Å²) >= 11 is 0. The number of allylic oxidation sites excluding steroid dienone is 4. The second-order valence-corrected chi connectivity index (χ2v) is 21.6. The van der Waals surface area contributed by atoms with Crippen LogP contribution < -0.4 is 5.73 Å². The molecule has 4 N–H and O–H groups in total. The highest BCUT2D eigenvalue weighted by Crippen LogP contribution is 2.43. The third-order valence-electron chi connectivity index (χ3n) is 13.2. The first-order valence-electron chi connectivity index (χ1n) is 29.4. The predicted octanol–water partition coefficient (Wildman–Crippen LogP) is 17.8. The Morgan fingerprint density at radius 1 is 0.464 bits per heavy atom. The molecule has 0 aromatic rings. The number of hydrogen-bond donors (Lipinski definition) is 3. The molecule has 0 heterocycles. The Hall–Kier alpha value is -1.55. The minimum Gasteiger partial charge on any atom is -0.480 e. The molecule has 0 spiro atoms. The Morgan fingerprint density at radius 2 is 0.797 bits per heavy atom. The number of aliphatic carboxylic acids is 1. The number of hydrogen-bond acceptors (Lipinski definition) is 8. The van der Waals surface area contributed by atoms with Gasteiger partial charge in [0.25, 0.3) is 0 Å². The molecule has 0 saturated carbocycles. The summed E-state index contributed by atoms with van der Waals surface area (Å²) in [6.07, 6.45) is 63.9. The van der Waals surface area contributed by atoms with Crippen LogP contribution in [0.2, 0.25) is 0 Å². The molecule has 0 fully saturated rings. The van der Waals surface area contributed by atoms with Crippen LogP contribution in [0.4, 0.5) is 0 Å². The van der Waals surface area contributed by atoms with E-state index in [1.54, 1.807) is 0 Å². The number of carbonyl (C=O) groups is 2. The van der Waals surface area contributed by atoms with Crippen molar-refractivity contribution in [3.8, 4) is 0 Å². The molecule has 0 aliphatic heterocycles. The second-order valence-electron chi connectivity index (χ2n) is 20.1. The van der Waals surface area contributed by atoms with Crippen LogP contribution in [0.25, 0.3) is 0 Å². The van der Waals surface area contributed by atoms with E-state index in [2.05, 4.69) is 38.2 Å². The number of carboxylic acid groups (broad SMARTS) is 1. The van der Waals surface area contributed by atoms with E-state index in [4.69, 9.17) is 29.4 Å². The number of esters is 1. The number of phosphoric acid groups is 1. The molecule has 0 bridgehead atoms. The van der Waals surface area contributed by atoms with Crippen molar-refractivity contribution < 1.29 is 42.7 Å². The van der Waals surface area contributed by atoms with Gasteiger partial charge < -0.3 is 25.2 Å². The van der Waals surface area contributed by atoms with Gasteiger partial charge >= 0.3 is 19.8 Å². The van der Waals surface area contributed by atoms with Crippen LogP contribution >= 0.6 is 7.82 Å². The minimum atomic E-state index is -4.62. The van der Waals surface area contributed by atoms with Gasteiger partial charge in [0.1, 0.15) is 12.1 Å². The summed E-state index contributed by atoms with van der Waals surface area (Å²) in [7, 11) is -4.62. The zero-order valence-electron chi connectivity index (χ0n) is 45.2. The van der Waals surface area contributed by atoms with Gasteiger partial charge in [0.2, 0.25) is 0 Å². The smallest absolute Gasteiger partial charge is 0.472 e. The molecule has 408 valence electrons. The fourth-order valence-corrected chi connectivity index (χ4v) is 9.48. The summed E-state index contributed by atoms with van der Waals surface area (Å²) < 4.78 is 33.6. The molecule has 0 aromatic carbocycles. The molecule has 10 nitrogen and oxygen atoms in total. The first-order valence-corrected chi connectivity index (χ1v) is 30.9. The van der Waals surface area contributed by atoms with E-state index < -0.39 is 45.1 Å². The van der Waals surface area contributed by atoms with Crippen molar-refractivity contribution >= 4 is 19.8 Å².